The fourth-order valence-electron chi connectivity index (χ4n) is 2.76. The van der Waals surface area contributed by atoms with Gasteiger partial charge in [0.25, 0.3) is 0 Å². The normalized spacial score (nSPS) is 12.0. The highest BCUT2D eigenvalue weighted by Crippen LogP contribution is 2.23. The molecule has 2 aromatic carbocycles. The molecule has 1 heterocycles. The van der Waals surface area contributed by atoms with Crippen LogP contribution in [0.3, 0.4) is 0 Å². The predicted octanol–water partition coefficient (Wildman–Crippen LogP) is 3.98. The van der Waals surface area contributed by atoms with Crippen molar-refractivity contribution < 1.29 is 4.79 Å². The van der Waals surface area contributed by atoms with Crippen LogP contribution in [-0.4, -0.2) is 26.5 Å². The highest BCUT2D eigenvalue weighted by atomic mass is 35.5. The fourth-order valence-corrected chi connectivity index (χ4v) is 3.55. The summed E-state index contributed by atoms with van der Waals surface area (Å²) in [7, 11) is 0. The van der Waals surface area contributed by atoms with Crippen LogP contribution in [0.4, 0.5) is 0 Å². The van der Waals surface area contributed by atoms with Crippen LogP contribution in [0.1, 0.15) is 30.5 Å². The second kappa shape index (κ2) is 9.12. The highest BCUT2D eigenvalue weighted by Gasteiger charge is 2.16. The monoisotopic (exact) mass is 415 g/mol. The third-order valence-corrected chi connectivity index (χ3v) is 5.52. The smallest absolute Gasteiger partial charge is 0.230 e. The van der Waals surface area contributed by atoms with E-state index < -0.39 is 0 Å². The van der Waals surface area contributed by atoms with Gasteiger partial charge in [-0.3, -0.25) is 4.79 Å². The molecule has 0 saturated heterocycles. The summed E-state index contributed by atoms with van der Waals surface area (Å²) in [4.78, 5) is 12.4. The van der Waals surface area contributed by atoms with E-state index in [2.05, 4.69) is 15.5 Å². The van der Waals surface area contributed by atoms with E-state index in [4.69, 9.17) is 17.4 Å². The number of aromatic nitrogens is 3. The number of hydrogen-bond acceptors (Lipinski definition) is 5. The SMILES string of the molecule is CCC(NC(=O)CSc1nnc(-c2ccc(C)cc2)n1N)c1ccc(Cl)cc1. The zero-order valence-corrected chi connectivity index (χ0v) is 17.3. The van der Waals surface area contributed by atoms with Crippen LogP contribution < -0.4 is 11.2 Å². The molecule has 1 amide bonds. The summed E-state index contributed by atoms with van der Waals surface area (Å²) in [6.07, 6.45) is 0.780. The molecule has 0 radical (unpaired) electrons. The summed E-state index contributed by atoms with van der Waals surface area (Å²) < 4.78 is 1.42. The molecular formula is C20H22ClN5OS. The molecule has 28 heavy (non-hydrogen) atoms. The number of nitrogen functional groups attached to an aromatic ring is 1. The van der Waals surface area contributed by atoms with E-state index in [0.29, 0.717) is 16.0 Å². The first-order chi connectivity index (χ1) is 13.5. The first-order valence-corrected chi connectivity index (χ1v) is 10.3. The van der Waals surface area contributed by atoms with Crippen molar-refractivity contribution in [1.29, 1.82) is 0 Å². The van der Waals surface area contributed by atoms with Crippen molar-refractivity contribution in [1.82, 2.24) is 20.2 Å². The molecule has 1 unspecified atom stereocenters. The lowest BCUT2D eigenvalue weighted by atomic mass is 10.0. The van der Waals surface area contributed by atoms with E-state index in [-0.39, 0.29) is 17.7 Å². The number of aryl methyl sites for hydroxylation is 1. The maximum absolute atomic E-state index is 12.4. The average Bonchev–Trinajstić information content (AvgIpc) is 3.06. The van der Waals surface area contributed by atoms with E-state index in [1.54, 1.807) is 0 Å². The van der Waals surface area contributed by atoms with Gasteiger partial charge in [0.1, 0.15) is 0 Å². The average molecular weight is 416 g/mol. The maximum atomic E-state index is 12.4. The molecule has 1 atom stereocenters. The Kier molecular flexibility index (Phi) is 6.59. The van der Waals surface area contributed by atoms with Gasteiger partial charge in [0.05, 0.1) is 11.8 Å². The summed E-state index contributed by atoms with van der Waals surface area (Å²) in [6.45, 7) is 4.04. The molecule has 3 rings (SSSR count). The Morgan fingerprint density at radius 1 is 1.18 bits per heavy atom. The van der Waals surface area contributed by atoms with Gasteiger partial charge < -0.3 is 11.2 Å². The van der Waals surface area contributed by atoms with Crippen molar-refractivity contribution in [3.05, 3.63) is 64.7 Å². The van der Waals surface area contributed by atoms with Crippen molar-refractivity contribution in [3.63, 3.8) is 0 Å². The van der Waals surface area contributed by atoms with Gasteiger partial charge in [0, 0.05) is 10.6 Å². The van der Waals surface area contributed by atoms with Crippen molar-refractivity contribution in [3.8, 4) is 11.4 Å². The minimum absolute atomic E-state index is 0.0655. The van der Waals surface area contributed by atoms with Crippen LogP contribution in [0.25, 0.3) is 11.4 Å². The van der Waals surface area contributed by atoms with E-state index >= 15 is 0 Å². The number of benzene rings is 2. The number of halogens is 1. The number of thioether (sulfide) groups is 1. The Labute approximate surface area is 173 Å². The Morgan fingerprint density at radius 3 is 2.50 bits per heavy atom. The summed E-state index contributed by atoms with van der Waals surface area (Å²) in [5.74, 6) is 6.79. The van der Waals surface area contributed by atoms with Crippen molar-refractivity contribution in [2.75, 3.05) is 11.6 Å². The number of amides is 1. The molecule has 8 heteroatoms. The first-order valence-electron chi connectivity index (χ1n) is 8.93. The molecule has 1 aromatic heterocycles. The van der Waals surface area contributed by atoms with Gasteiger partial charge in [-0.15, -0.1) is 10.2 Å². The number of nitrogens with one attached hydrogen (secondary N) is 1. The molecule has 3 aromatic rings. The first kappa shape index (κ1) is 20.2. The standard InChI is InChI=1S/C20H22ClN5OS/c1-3-17(14-8-10-16(21)11-9-14)23-18(27)12-28-20-25-24-19(26(20)22)15-6-4-13(2)5-7-15/h4-11,17H,3,12,22H2,1-2H3,(H,23,27). The van der Waals surface area contributed by atoms with Gasteiger partial charge >= 0.3 is 0 Å². The summed E-state index contributed by atoms with van der Waals surface area (Å²) in [6, 6.07) is 15.3. The number of carbonyl (C=O) groups is 1. The van der Waals surface area contributed by atoms with Crippen molar-refractivity contribution >= 4 is 29.3 Å². The summed E-state index contributed by atoms with van der Waals surface area (Å²) in [5, 5.41) is 12.5. The van der Waals surface area contributed by atoms with Crippen LogP contribution in [0.15, 0.2) is 53.7 Å². The second-order valence-corrected chi connectivity index (χ2v) is 7.79. The Bertz CT molecular complexity index is 940. The van der Waals surface area contributed by atoms with Crippen LogP contribution in [-0.2, 0) is 4.79 Å². The molecule has 0 aliphatic heterocycles. The van der Waals surface area contributed by atoms with Gasteiger partial charge in [0.15, 0.2) is 5.82 Å². The molecule has 146 valence electrons. The number of carbonyl (C=O) groups excluding carboxylic acids is 1. The van der Waals surface area contributed by atoms with Gasteiger partial charge in [-0.05, 0) is 31.0 Å². The third-order valence-electron chi connectivity index (χ3n) is 4.32. The number of rotatable bonds is 7. The van der Waals surface area contributed by atoms with E-state index in [0.717, 1.165) is 23.1 Å². The number of nitrogens with two attached hydrogens (primary N) is 1. The zero-order chi connectivity index (χ0) is 20.1. The molecule has 0 saturated carbocycles. The van der Waals surface area contributed by atoms with Gasteiger partial charge in [-0.25, -0.2) is 4.68 Å². The van der Waals surface area contributed by atoms with Crippen molar-refractivity contribution in [2.45, 2.75) is 31.5 Å². The molecule has 6 nitrogen and oxygen atoms in total. The van der Waals surface area contributed by atoms with Crippen LogP contribution in [0.2, 0.25) is 5.02 Å². The Morgan fingerprint density at radius 2 is 1.86 bits per heavy atom. The van der Waals surface area contributed by atoms with Crippen LogP contribution >= 0.6 is 23.4 Å². The molecule has 0 aliphatic rings. The fraction of sp³-hybridized carbons (Fsp3) is 0.250. The lowest BCUT2D eigenvalue weighted by Gasteiger charge is -2.17. The molecule has 0 aliphatic carbocycles. The molecule has 3 N–H and O–H groups in total. The molecule has 0 bridgehead atoms. The van der Waals surface area contributed by atoms with Gasteiger partial charge in [-0.2, -0.15) is 0 Å². The van der Waals surface area contributed by atoms with Crippen LogP contribution in [0.5, 0.6) is 0 Å². The van der Waals surface area contributed by atoms with Crippen LogP contribution in [0, 0.1) is 6.92 Å². The topological polar surface area (TPSA) is 85.8 Å². The minimum atomic E-state index is -0.0910. The predicted molar refractivity (Wildman–Crippen MR) is 114 cm³/mol. The minimum Gasteiger partial charge on any atom is -0.349 e. The molecular weight excluding hydrogens is 394 g/mol. The van der Waals surface area contributed by atoms with E-state index in [1.165, 1.54) is 16.4 Å². The second-order valence-electron chi connectivity index (χ2n) is 6.41. The van der Waals surface area contributed by atoms with Gasteiger partial charge in [-0.1, -0.05) is 72.2 Å². The maximum Gasteiger partial charge on any atom is 0.230 e. The molecule has 0 spiro atoms. The highest BCUT2D eigenvalue weighted by molar-refractivity contribution is 7.99. The largest absolute Gasteiger partial charge is 0.349 e. The summed E-state index contributed by atoms with van der Waals surface area (Å²) in [5.41, 5.74) is 3.06. The van der Waals surface area contributed by atoms with E-state index in [1.807, 2.05) is 62.4 Å². The Balaban J connectivity index is 1.61. The molecule has 0 fully saturated rings. The van der Waals surface area contributed by atoms with Gasteiger partial charge in [0.2, 0.25) is 11.1 Å². The third kappa shape index (κ3) is 4.85. The quantitative estimate of drug-likeness (QED) is 0.450. The zero-order valence-electron chi connectivity index (χ0n) is 15.7. The van der Waals surface area contributed by atoms with E-state index in [9.17, 15) is 4.79 Å². The number of nitrogens with zero attached hydrogens (tertiary/aromatic N) is 3. The Hall–Kier alpha value is -2.51. The van der Waals surface area contributed by atoms with Crippen molar-refractivity contribution in [2.24, 2.45) is 0 Å². The summed E-state index contributed by atoms with van der Waals surface area (Å²) >= 11 is 7.19. The lowest BCUT2D eigenvalue weighted by molar-refractivity contribution is -0.119. The lowest BCUT2D eigenvalue weighted by Crippen LogP contribution is -2.29. The number of hydrogen-bond donors (Lipinski definition) is 2.